The zero-order chi connectivity index (χ0) is 38.5. The minimum absolute atomic E-state index is 0.0976. The number of hydrogen-bond acceptors (Lipinski definition) is 9. The second-order valence-electron chi connectivity index (χ2n) is 12.1. The molecule has 2 atom stereocenters. The summed E-state index contributed by atoms with van der Waals surface area (Å²) in [5, 5.41) is 18.1. The third kappa shape index (κ3) is 17.1. The fraction of sp³-hybridized carbons (Fsp3) is 0.421. The van der Waals surface area contributed by atoms with Crippen LogP contribution < -0.4 is 21.7 Å². The van der Waals surface area contributed by atoms with Crippen molar-refractivity contribution in [2.24, 2.45) is 5.73 Å². The van der Waals surface area contributed by atoms with Gasteiger partial charge in [0.05, 0.1) is 51.2 Å². The van der Waals surface area contributed by atoms with Crippen molar-refractivity contribution < 1.29 is 37.3 Å². The van der Waals surface area contributed by atoms with Crippen molar-refractivity contribution in [3.8, 4) is 11.8 Å². The number of methoxy groups -OCH3 is 1. The molecular weight excluding hydrogens is 677 g/mol. The highest BCUT2D eigenvalue weighted by Gasteiger charge is 2.32. The third-order valence-corrected chi connectivity index (χ3v) is 7.59. The first-order valence-electron chi connectivity index (χ1n) is 16.8. The maximum absolute atomic E-state index is 13.2. The van der Waals surface area contributed by atoms with E-state index in [9.17, 15) is 27.9 Å². The van der Waals surface area contributed by atoms with Gasteiger partial charge in [0.25, 0.3) is 5.91 Å². The highest BCUT2D eigenvalue weighted by atomic mass is 19.4. The van der Waals surface area contributed by atoms with E-state index in [4.69, 9.17) is 15.2 Å². The van der Waals surface area contributed by atoms with Gasteiger partial charge in [0.15, 0.2) is 0 Å². The number of alkyl halides is 3. The van der Waals surface area contributed by atoms with Crippen LogP contribution in [0.15, 0.2) is 109 Å². The maximum atomic E-state index is 13.2. The van der Waals surface area contributed by atoms with Crippen LogP contribution in [0, 0.1) is 11.8 Å². The molecule has 2 amide bonds. The van der Waals surface area contributed by atoms with Gasteiger partial charge < -0.3 is 46.1 Å². The molecule has 2 unspecified atom stereocenters. The highest BCUT2D eigenvalue weighted by Crippen LogP contribution is 2.22. The highest BCUT2D eigenvalue weighted by molar-refractivity contribution is 5.95. The summed E-state index contributed by atoms with van der Waals surface area (Å²) in [6, 6.07) is -1.15. The van der Waals surface area contributed by atoms with Crippen molar-refractivity contribution in [2.45, 2.75) is 50.4 Å². The predicted molar refractivity (Wildman–Crippen MR) is 196 cm³/mol. The summed E-state index contributed by atoms with van der Waals surface area (Å²) in [7, 11) is 3.23. The maximum Gasteiger partial charge on any atom is 0.405 e. The number of ether oxygens (including phenoxy) is 2. The van der Waals surface area contributed by atoms with Gasteiger partial charge in [-0.1, -0.05) is 43.7 Å². The Labute approximate surface area is 304 Å². The molecule has 0 radical (unpaired) electrons. The molecule has 1 fully saturated rings. The van der Waals surface area contributed by atoms with Crippen molar-refractivity contribution in [3.63, 3.8) is 0 Å². The van der Waals surface area contributed by atoms with Crippen molar-refractivity contribution >= 4 is 11.8 Å². The van der Waals surface area contributed by atoms with Gasteiger partial charge >= 0.3 is 6.18 Å². The number of rotatable bonds is 16. The fourth-order valence-corrected chi connectivity index (χ4v) is 4.98. The smallest absolute Gasteiger partial charge is 0.405 e. The number of likely N-dealkylation sites (N-methyl/N-ethyl adjacent to an activating group) is 1. The number of unbranched alkanes of at least 4 members (excludes halogenated alkanes) is 2. The Kier molecular flexibility index (Phi) is 18.6. The zero-order valence-electron chi connectivity index (χ0n) is 29.9. The van der Waals surface area contributed by atoms with E-state index in [1.54, 1.807) is 42.3 Å². The Balaban J connectivity index is 1.78. The number of aliphatic hydroxyl groups excluding tert-OH is 1. The quantitative estimate of drug-likeness (QED) is 0.0528. The van der Waals surface area contributed by atoms with Gasteiger partial charge in [0, 0.05) is 42.8 Å². The molecular formula is C38H51F3N6O5. The molecule has 0 aromatic heterocycles. The van der Waals surface area contributed by atoms with Crippen molar-refractivity contribution in [1.82, 2.24) is 25.8 Å². The number of nitrogens with zero attached hydrogens (tertiary/aromatic N) is 2. The summed E-state index contributed by atoms with van der Waals surface area (Å²) < 4.78 is 50.5. The number of aliphatic hydroxyl groups is 1. The molecule has 284 valence electrons. The van der Waals surface area contributed by atoms with Crippen LogP contribution >= 0.6 is 0 Å². The number of carbonyl (C=O) groups is 2. The molecule has 1 saturated heterocycles. The minimum Gasteiger partial charge on any atom is -0.502 e. The number of nitrogens with two attached hydrogens (primary N) is 1. The van der Waals surface area contributed by atoms with Gasteiger partial charge in [-0.25, -0.2) is 0 Å². The Morgan fingerprint density at radius 3 is 2.69 bits per heavy atom. The molecule has 0 saturated carbocycles. The van der Waals surface area contributed by atoms with Gasteiger partial charge in [-0.15, -0.1) is 0 Å². The van der Waals surface area contributed by atoms with E-state index < -0.39 is 24.8 Å². The van der Waals surface area contributed by atoms with E-state index in [1.165, 1.54) is 31.7 Å². The normalized spacial score (nSPS) is 21.5. The average Bonchev–Trinajstić information content (AvgIpc) is 3.15. The topological polar surface area (TPSA) is 141 Å². The van der Waals surface area contributed by atoms with Crippen LogP contribution in [-0.4, -0.2) is 98.5 Å². The summed E-state index contributed by atoms with van der Waals surface area (Å²) in [6.45, 7) is 11.6. The molecule has 0 aliphatic carbocycles. The van der Waals surface area contributed by atoms with Gasteiger partial charge in [-0.05, 0) is 62.0 Å². The number of halogens is 3. The van der Waals surface area contributed by atoms with Crippen LogP contribution in [-0.2, 0) is 19.1 Å². The SMILES string of the molecule is C=C(/C=C1\C(=C)CC(CO)NC(=O)CN1C)OCCCCCNC(=O)C(=C)/C=C\C(=C\OC)NCC#CC1C/C=C(N)/C=C\C=C\N1CC(F)(F)F. The van der Waals surface area contributed by atoms with Gasteiger partial charge in [0.1, 0.15) is 18.6 Å². The molecule has 0 aromatic carbocycles. The molecule has 2 heterocycles. The van der Waals surface area contributed by atoms with Crippen LogP contribution in [0.3, 0.4) is 0 Å². The van der Waals surface area contributed by atoms with Crippen LogP contribution in [0.1, 0.15) is 32.1 Å². The first kappa shape index (κ1) is 42.9. The summed E-state index contributed by atoms with van der Waals surface area (Å²) in [6.07, 6.45) is 12.3. The summed E-state index contributed by atoms with van der Waals surface area (Å²) >= 11 is 0. The Morgan fingerprint density at radius 1 is 1.21 bits per heavy atom. The standard InChI is InChI=1S/C38H51F3N6O5/c1-28(14-16-32(26-51-5)43-19-11-13-34-17-15-31(42)12-7-9-20-47(34)27-38(39,40)41)37(50)44-18-8-6-10-21-52-30(3)23-35-29(2)22-33(25-48)45-36(49)24-46(35)4/h7,9,12,14-16,20,23,26,33-34,43,48H,1-3,6,8,10,17-19,21-22,24-25,27,42H2,4-5H3,(H,44,50)(H,45,49)/b12-7-,16-14-,20-9+,31-15-,32-26-,35-23+. The van der Waals surface area contributed by atoms with Crippen LogP contribution in [0.4, 0.5) is 13.2 Å². The molecule has 0 aromatic rings. The van der Waals surface area contributed by atoms with E-state index in [-0.39, 0.29) is 43.5 Å². The molecule has 14 heteroatoms. The number of allylic oxidation sites excluding steroid dienone is 6. The van der Waals surface area contributed by atoms with E-state index in [1.807, 2.05) is 0 Å². The monoisotopic (exact) mass is 728 g/mol. The molecule has 2 aliphatic heterocycles. The predicted octanol–water partition coefficient (Wildman–Crippen LogP) is 3.80. The molecule has 6 N–H and O–H groups in total. The van der Waals surface area contributed by atoms with E-state index in [0.29, 0.717) is 43.1 Å². The molecule has 2 aliphatic rings. The van der Waals surface area contributed by atoms with Crippen LogP contribution in [0.2, 0.25) is 0 Å². The Bertz CT molecular complexity index is 1520. The summed E-state index contributed by atoms with van der Waals surface area (Å²) in [5.74, 6) is 5.65. The van der Waals surface area contributed by atoms with Crippen molar-refractivity contribution in [2.75, 3.05) is 53.6 Å². The van der Waals surface area contributed by atoms with E-state index in [0.717, 1.165) is 29.0 Å². The van der Waals surface area contributed by atoms with Crippen molar-refractivity contribution in [1.29, 1.82) is 0 Å². The van der Waals surface area contributed by atoms with Crippen molar-refractivity contribution in [3.05, 3.63) is 109 Å². The lowest BCUT2D eigenvalue weighted by Crippen LogP contribution is -2.45. The lowest BCUT2D eigenvalue weighted by Gasteiger charge is -2.30. The van der Waals surface area contributed by atoms with Crippen LogP contribution in [0.5, 0.6) is 0 Å². The number of hydrogen-bond donors (Lipinski definition) is 5. The second kappa shape index (κ2) is 22.5. The van der Waals surface area contributed by atoms with Gasteiger partial charge in [-0.3, -0.25) is 9.59 Å². The summed E-state index contributed by atoms with van der Waals surface area (Å²) in [4.78, 5) is 27.5. The first-order chi connectivity index (χ1) is 24.7. The Hall–Kier alpha value is -5.29. The lowest BCUT2D eigenvalue weighted by molar-refractivity contribution is -0.142. The average molecular weight is 729 g/mol. The lowest BCUT2D eigenvalue weighted by atomic mass is 10.0. The summed E-state index contributed by atoms with van der Waals surface area (Å²) in [5.41, 5.74) is 8.47. The van der Waals surface area contributed by atoms with E-state index >= 15 is 0 Å². The first-order valence-corrected chi connectivity index (χ1v) is 16.8. The molecule has 52 heavy (non-hydrogen) atoms. The Morgan fingerprint density at radius 2 is 1.98 bits per heavy atom. The largest absolute Gasteiger partial charge is 0.502 e. The zero-order valence-corrected chi connectivity index (χ0v) is 29.9. The fourth-order valence-electron chi connectivity index (χ4n) is 4.98. The third-order valence-electron chi connectivity index (χ3n) is 7.59. The van der Waals surface area contributed by atoms with E-state index in [2.05, 4.69) is 47.5 Å². The molecule has 11 nitrogen and oxygen atoms in total. The van der Waals surface area contributed by atoms with Gasteiger partial charge in [0.2, 0.25) is 5.91 Å². The van der Waals surface area contributed by atoms with Crippen LogP contribution in [0.25, 0.3) is 0 Å². The number of amides is 2. The number of nitrogens with one attached hydrogen (secondary N) is 3. The molecule has 2 rings (SSSR count). The minimum atomic E-state index is -4.41. The number of carbonyl (C=O) groups excluding carboxylic acids is 2. The molecule has 0 bridgehead atoms. The molecule has 0 spiro atoms. The second-order valence-corrected chi connectivity index (χ2v) is 12.1. The van der Waals surface area contributed by atoms with Gasteiger partial charge in [-0.2, -0.15) is 13.2 Å².